The Morgan fingerprint density at radius 3 is 2.73 bits per heavy atom. The third-order valence-electron chi connectivity index (χ3n) is 2.23. The lowest BCUT2D eigenvalue weighted by Gasteiger charge is -2.03. The summed E-state index contributed by atoms with van der Waals surface area (Å²) in [6, 6.07) is 3.88. The van der Waals surface area contributed by atoms with Crippen LogP contribution in [0.25, 0.3) is 0 Å². The van der Waals surface area contributed by atoms with Crippen molar-refractivity contribution >= 4 is 11.7 Å². The lowest BCUT2D eigenvalue weighted by molar-refractivity contribution is -0.115. The van der Waals surface area contributed by atoms with Crippen molar-refractivity contribution in [3.63, 3.8) is 0 Å². The number of nitrogens with zero attached hydrogens (tertiary/aromatic N) is 1. The third-order valence-corrected chi connectivity index (χ3v) is 2.23. The Bertz CT molecular complexity index is 306. The molecule has 0 bridgehead atoms. The molecular formula is C12H18N2O. The number of hydrogen-bond acceptors (Lipinski definition) is 2. The van der Waals surface area contributed by atoms with E-state index in [1.54, 1.807) is 0 Å². The molecule has 3 nitrogen and oxygen atoms in total. The predicted octanol–water partition coefficient (Wildman–Crippen LogP) is 2.77. The van der Waals surface area contributed by atoms with Crippen LogP contribution in [0.3, 0.4) is 0 Å². The van der Waals surface area contributed by atoms with E-state index >= 15 is 0 Å². The average Bonchev–Trinajstić information content (AvgIpc) is 2.28. The Morgan fingerprint density at radius 1 is 1.40 bits per heavy atom. The van der Waals surface area contributed by atoms with E-state index in [4.69, 9.17) is 0 Å². The highest BCUT2D eigenvalue weighted by Crippen LogP contribution is 2.08. The van der Waals surface area contributed by atoms with Crippen LogP contribution in [0.5, 0.6) is 0 Å². The monoisotopic (exact) mass is 206 g/mol. The molecule has 0 spiro atoms. The molecule has 3 heteroatoms. The van der Waals surface area contributed by atoms with E-state index in [1.807, 2.05) is 25.3 Å². The standard InChI is InChI=1S/C12H18N2O/c1-3-5-6-10-7-8-11(13-9-10)14-12(15)4-2/h7-9H,3-6H2,1-2H3,(H,13,14,15). The Kier molecular flexibility index (Phi) is 4.81. The van der Waals surface area contributed by atoms with Gasteiger partial charge in [0.25, 0.3) is 0 Å². The van der Waals surface area contributed by atoms with E-state index in [0.717, 1.165) is 6.42 Å². The molecule has 1 heterocycles. The SMILES string of the molecule is CCCCc1ccc(NC(=O)CC)nc1. The third kappa shape index (κ3) is 4.11. The number of amides is 1. The summed E-state index contributed by atoms with van der Waals surface area (Å²) in [7, 11) is 0. The molecule has 0 aliphatic heterocycles. The molecule has 1 aromatic rings. The first-order chi connectivity index (χ1) is 7.26. The fourth-order valence-electron chi connectivity index (χ4n) is 1.26. The van der Waals surface area contributed by atoms with E-state index in [2.05, 4.69) is 17.2 Å². The smallest absolute Gasteiger partial charge is 0.225 e. The molecule has 0 atom stereocenters. The molecule has 0 aromatic carbocycles. The van der Waals surface area contributed by atoms with Crippen molar-refractivity contribution in [1.82, 2.24) is 4.98 Å². The van der Waals surface area contributed by atoms with Crippen molar-refractivity contribution in [2.75, 3.05) is 5.32 Å². The maximum absolute atomic E-state index is 11.1. The molecular weight excluding hydrogens is 188 g/mol. The molecule has 15 heavy (non-hydrogen) atoms. The van der Waals surface area contributed by atoms with Crippen LogP contribution in [-0.4, -0.2) is 10.9 Å². The summed E-state index contributed by atoms with van der Waals surface area (Å²) < 4.78 is 0. The van der Waals surface area contributed by atoms with E-state index in [-0.39, 0.29) is 5.91 Å². The van der Waals surface area contributed by atoms with E-state index in [9.17, 15) is 4.79 Å². The van der Waals surface area contributed by atoms with Crippen LogP contribution in [0.15, 0.2) is 18.3 Å². The molecule has 0 fully saturated rings. The van der Waals surface area contributed by atoms with Gasteiger partial charge in [-0.15, -0.1) is 0 Å². The fraction of sp³-hybridized carbons (Fsp3) is 0.500. The van der Waals surface area contributed by atoms with Crippen LogP contribution in [0.4, 0.5) is 5.82 Å². The highest BCUT2D eigenvalue weighted by molar-refractivity contribution is 5.89. The molecule has 1 amide bonds. The van der Waals surface area contributed by atoms with Crippen molar-refractivity contribution in [3.8, 4) is 0 Å². The number of aromatic nitrogens is 1. The molecule has 0 saturated heterocycles. The molecule has 0 saturated carbocycles. The molecule has 1 N–H and O–H groups in total. The molecule has 1 rings (SSSR count). The number of anilines is 1. The van der Waals surface area contributed by atoms with Crippen LogP contribution in [0, 0.1) is 0 Å². The van der Waals surface area contributed by atoms with Gasteiger partial charge >= 0.3 is 0 Å². The van der Waals surface area contributed by atoms with Crippen LogP contribution >= 0.6 is 0 Å². The number of pyridine rings is 1. The summed E-state index contributed by atoms with van der Waals surface area (Å²) in [6.07, 6.45) is 5.75. The first kappa shape index (κ1) is 11.7. The fourth-order valence-corrected chi connectivity index (χ4v) is 1.26. The van der Waals surface area contributed by atoms with Crippen LogP contribution in [-0.2, 0) is 11.2 Å². The maximum atomic E-state index is 11.1. The number of carbonyl (C=O) groups is 1. The number of nitrogens with one attached hydrogen (secondary N) is 1. The highest BCUT2D eigenvalue weighted by Gasteiger charge is 1.99. The van der Waals surface area contributed by atoms with Gasteiger partial charge in [-0.3, -0.25) is 4.79 Å². The highest BCUT2D eigenvalue weighted by atomic mass is 16.1. The Labute approximate surface area is 90.9 Å². The minimum absolute atomic E-state index is 0.00353. The first-order valence-electron chi connectivity index (χ1n) is 5.51. The Hall–Kier alpha value is -1.38. The van der Waals surface area contributed by atoms with Gasteiger partial charge in [-0.1, -0.05) is 26.3 Å². The second-order valence-electron chi connectivity index (χ2n) is 3.56. The first-order valence-corrected chi connectivity index (χ1v) is 5.51. The zero-order valence-corrected chi connectivity index (χ0v) is 9.42. The predicted molar refractivity (Wildman–Crippen MR) is 61.8 cm³/mol. The summed E-state index contributed by atoms with van der Waals surface area (Å²) in [5.74, 6) is 0.644. The summed E-state index contributed by atoms with van der Waals surface area (Å²) in [4.78, 5) is 15.3. The normalized spacial score (nSPS) is 10.0. The number of carbonyl (C=O) groups excluding carboxylic acids is 1. The molecule has 1 aromatic heterocycles. The minimum Gasteiger partial charge on any atom is -0.311 e. The maximum Gasteiger partial charge on any atom is 0.225 e. The van der Waals surface area contributed by atoms with Crippen molar-refractivity contribution in [3.05, 3.63) is 23.9 Å². The molecule has 0 unspecified atom stereocenters. The molecule has 0 aliphatic rings. The lowest BCUT2D eigenvalue weighted by Crippen LogP contribution is -2.10. The van der Waals surface area contributed by atoms with Gasteiger partial charge in [-0.2, -0.15) is 0 Å². The Morgan fingerprint density at radius 2 is 2.20 bits per heavy atom. The zero-order chi connectivity index (χ0) is 11.1. The van der Waals surface area contributed by atoms with Gasteiger partial charge in [-0.25, -0.2) is 4.98 Å². The summed E-state index contributed by atoms with van der Waals surface area (Å²) in [5, 5.41) is 2.72. The largest absolute Gasteiger partial charge is 0.311 e. The van der Waals surface area contributed by atoms with Crippen molar-refractivity contribution < 1.29 is 4.79 Å². The van der Waals surface area contributed by atoms with E-state index < -0.39 is 0 Å². The number of rotatable bonds is 5. The van der Waals surface area contributed by atoms with Gasteiger partial charge in [0.15, 0.2) is 0 Å². The van der Waals surface area contributed by atoms with Gasteiger partial charge in [0.1, 0.15) is 5.82 Å². The molecule has 82 valence electrons. The second kappa shape index (κ2) is 6.17. The summed E-state index contributed by atoms with van der Waals surface area (Å²) in [5.41, 5.74) is 1.23. The van der Waals surface area contributed by atoms with Gasteiger partial charge in [0.2, 0.25) is 5.91 Å². The van der Waals surface area contributed by atoms with Crippen molar-refractivity contribution in [1.29, 1.82) is 0 Å². The van der Waals surface area contributed by atoms with Crippen molar-refractivity contribution in [2.45, 2.75) is 39.5 Å². The second-order valence-corrected chi connectivity index (χ2v) is 3.56. The average molecular weight is 206 g/mol. The van der Waals surface area contributed by atoms with Gasteiger partial charge in [0, 0.05) is 12.6 Å². The minimum atomic E-state index is 0.00353. The topological polar surface area (TPSA) is 42.0 Å². The van der Waals surface area contributed by atoms with E-state index in [0.29, 0.717) is 12.2 Å². The molecule has 0 radical (unpaired) electrons. The Balaban J connectivity index is 2.52. The zero-order valence-electron chi connectivity index (χ0n) is 9.42. The van der Waals surface area contributed by atoms with Crippen LogP contribution < -0.4 is 5.32 Å². The van der Waals surface area contributed by atoms with Gasteiger partial charge in [-0.05, 0) is 24.5 Å². The number of hydrogen-bond donors (Lipinski definition) is 1. The lowest BCUT2D eigenvalue weighted by atomic mass is 10.1. The quantitative estimate of drug-likeness (QED) is 0.804. The summed E-state index contributed by atoms with van der Waals surface area (Å²) in [6.45, 7) is 3.99. The van der Waals surface area contributed by atoms with Gasteiger partial charge in [0.05, 0.1) is 0 Å². The number of aryl methyl sites for hydroxylation is 1. The van der Waals surface area contributed by atoms with Crippen LogP contribution in [0.2, 0.25) is 0 Å². The van der Waals surface area contributed by atoms with E-state index in [1.165, 1.54) is 18.4 Å². The summed E-state index contributed by atoms with van der Waals surface area (Å²) >= 11 is 0. The van der Waals surface area contributed by atoms with Crippen molar-refractivity contribution in [2.24, 2.45) is 0 Å². The van der Waals surface area contributed by atoms with Gasteiger partial charge < -0.3 is 5.32 Å². The number of unbranched alkanes of at least 4 members (excludes halogenated alkanes) is 1. The molecule has 0 aliphatic carbocycles. The van der Waals surface area contributed by atoms with Crippen LogP contribution in [0.1, 0.15) is 38.7 Å².